The zero-order chi connectivity index (χ0) is 20.3. The Kier molecular flexibility index (Phi) is 6.28. The highest BCUT2D eigenvalue weighted by Gasteiger charge is 2.45. The van der Waals surface area contributed by atoms with Crippen molar-refractivity contribution in [1.82, 2.24) is 4.31 Å². The molecule has 0 radical (unpaired) electrons. The highest BCUT2D eigenvalue weighted by Crippen LogP contribution is 2.44. The molecule has 2 atom stereocenters. The van der Waals surface area contributed by atoms with Crippen molar-refractivity contribution in [3.63, 3.8) is 0 Å². The average molecular weight is 404 g/mol. The van der Waals surface area contributed by atoms with E-state index in [1.54, 1.807) is 37.4 Å². The maximum Gasteiger partial charge on any atom is 0.336 e. The van der Waals surface area contributed by atoms with Crippen LogP contribution in [0.1, 0.15) is 51.5 Å². The van der Waals surface area contributed by atoms with Crippen LogP contribution >= 0.6 is 0 Å². The quantitative estimate of drug-likeness (QED) is 0.478. The monoisotopic (exact) mass is 403 g/mol. The van der Waals surface area contributed by atoms with E-state index in [1.807, 2.05) is 13.0 Å². The van der Waals surface area contributed by atoms with E-state index in [9.17, 15) is 13.2 Å². The second kappa shape index (κ2) is 8.52. The Morgan fingerprint density at radius 2 is 1.89 bits per heavy atom. The molecule has 1 aliphatic heterocycles. The molecule has 0 unspecified atom stereocenters. The second-order valence-corrected chi connectivity index (χ2v) is 9.31. The molecule has 0 amide bonds. The predicted octanol–water partition coefficient (Wildman–Crippen LogP) is 4.34. The Hall–Kier alpha value is -2.08. The summed E-state index contributed by atoms with van der Waals surface area (Å²) in [6.07, 6.45) is 8.17. The SMILES string of the molecule is CCCCCC1=C(C(=O)OCC)[C@@H]2C[C@H]1C=CN2S(=O)(=O)c1ccc(C)cc1. The molecule has 0 aromatic heterocycles. The molecule has 2 aliphatic rings. The van der Waals surface area contributed by atoms with Crippen molar-refractivity contribution in [3.05, 3.63) is 53.3 Å². The number of carbonyl (C=O) groups excluding carboxylic acids is 1. The molecule has 3 rings (SSSR count). The molecule has 0 saturated heterocycles. The van der Waals surface area contributed by atoms with Gasteiger partial charge in [-0.25, -0.2) is 13.2 Å². The minimum Gasteiger partial charge on any atom is -0.463 e. The van der Waals surface area contributed by atoms with Gasteiger partial charge in [-0.1, -0.05) is 49.1 Å². The molecule has 0 fully saturated rings. The molecule has 0 N–H and O–H groups in total. The number of allylic oxidation sites excluding steroid dienone is 2. The smallest absolute Gasteiger partial charge is 0.336 e. The molecule has 6 heteroatoms. The minimum absolute atomic E-state index is 0.116. The number of fused-ring (bicyclic) bond motifs is 2. The molecule has 28 heavy (non-hydrogen) atoms. The van der Waals surface area contributed by atoms with Crippen LogP contribution in [0, 0.1) is 12.8 Å². The molecule has 2 bridgehead atoms. The normalized spacial score (nSPS) is 21.3. The van der Waals surface area contributed by atoms with Crippen LogP contribution in [-0.2, 0) is 19.6 Å². The second-order valence-electron chi connectivity index (χ2n) is 7.46. The third-order valence-electron chi connectivity index (χ3n) is 5.52. The van der Waals surface area contributed by atoms with E-state index in [2.05, 4.69) is 6.92 Å². The number of hydrogen-bond acceptors (Lipinski definition) is 4. The van der Waals surface area contributed by atoms with Gasteiger partial charge in [0, 0.05) is 12.1 Å². The number of esters is 1. The Bertz CT molecular complexity index is 884. The van der Waals surface area contributed by atoms with E-state index in [-0.39, 0.29) is 23.4 Å². The van der Waals surface area contributed by atoms with Gasteiger partial charge in [0.1, 0.15) is 0 Å². The predicted molar refractivity (Wildman–Crippen MR) is 109 cm³/mol. The lowest BCUT2D eigenvalue weighted by Crippen LogP contribution is -2.39. The molecule has 152 valence electrons. The summed E-state index contributed by atoms with van der Waals surface area (Å²) in [5, 5.41) is 0. The molecule has 0 saturated carbocycles. The van der Waals surface area contributed by atoms with Crippen molar-refractivity contribution in [2.45, 2.75) is 63.8 Å². The van der Waals surface area contributed by atoms with Crippen molar-refractivity contribution < 1.29 is 17.9 Å². The van der Waals surface area contributed by atoms with Gasteiger partial charge in [-0.3, -0.25) is 4.31 Å². The van der Waals surface area contributed by atoms with E-state index in [4.69, 9.17) is 4.74 Å². The van der Waals surface area contributed by atoms with Gasteiger partial charge in [0.15, 0.2) is 0 Å². The first-order valence-corrected chi connectivity index (χ1v) is 11.5. The van der Waals surface area contributed by atoms with Crippen molar-refractivity contribution in [2.24, 2.45) is 5.92 Å². The van der Waals surface area contributed by atoms with Crippen molar-refractivity contribution in [3.8, 4) is 0 Å². The van der Waals surface area contributed by atoms with Gasteiger partial charge >= 0.3 is 5.97 Å². The molecule has 1 aromatic rings. The molecule has 5 nitrogen and oxygen atoms in total. The zero-order valence-corrected chi connectivity index (χ0v) is 17.7. The van der Waals surface area contributed by atoms with E-state index in [0.29, 0.717) is 12.0 Å². The minimum atomic E-state index is -3.74. The van der Waals surface area contributed by atoms with Crippen LogP contribution in [-0.4, -0.2) is 31.3 Å². The van der Waals surface area contributed by atoms with Crippen molar-refractivity contribution in [1.29, 1.82) is 0 Å². The summed E-state index contributed by atoms with van der Waals surface area (Å²) in [6, 6.07) is 6.33. The number of sulfonamides is 1. The fourth-order valence-corrected chi connectivity index (χ4v) is 5.55. The molecule has 1 heterocycles. The van der Waals surface area contributed by atoms with Gasteiger partial charge < -0.3 is 4.74 Å². The highest BCUT2D eigenvalue weighted by molar-refractivity contribution is 7.89. The van der Waals surface area contributed by atoms with E-state index >= 15 is 0 Å². The molecule has 0 spiro atoms. The summed E-state index contributed by atoms with van der Waals surface area (Å²) < 4.78 is 33.2. The molecule has 1 aliphatic carbocycles. The number of carbonyl (C=O) groups is 1. The fraction of sp³-hybridized carbons (Fsp3) is 0.500. The van der Waals surface area contributed by atoms with E-state index in [1.165, 1.54) is 4.31 Å². The number of hydrogen-bond donors (Lipinski definition) is 0. The van der Waals surface area contributed by atoms with Gasteiger partial charge in [-0.15, -0.1) is 0 Å². The third-order valence-corrected chi connectivity index (χ3v) is 7.32. The van der Waals surface area contributed by atoms with Gasteiger partial charge in [0.05, 0.1) is 23.1 Å². The number of ether oxygens (including phenoxy) is 1. The van der Waals surface area contributed by atoms with Crippen molar-refractivity contribution in [2.75, 3.05) is 6.61 Å². The van der Waals surface area contributed by atoms with E-state index < -0.39 is 16.1 Å². The lowest BCUT2D eigenvalue weighted by Gasteiger charge is -2.31. The van der Waals surface area contributed by atoms with Gasteiger partial charge in [-0.05, 0) is 45.2 Å². The number of nitrogens with zero attached hydrogens (tertiary/aromatic N) is 1. The van der Waals surface area contributed by atoms with E-state index in [0.717, 1.165) is 36.8 Å². The maximum absolute atomic E-state index is 13.3. The van der Waals surface area contributed by atoms with Crippen LogP contribution in [0.25, 0.3) is 0 Å². The lowest BCUT2D eigenvalue weighted by atomic mass is 9.95. The number of rotatable bonds is 8. The summed E-state index contributed by atoms with van der Waals surface area (Å²) in [7, 11) is -3.74. The van der Waals surface area contributed by atoms with Crippen LogP contribution in [0.4, 0.5) is 0 Å². The molecule has 1 aromatic carbocycles. The largest absolute Gasteiger partial charge is 0.463 e. The van der Waals surface area contributed by atoms with Crippen LogP contribution in [0.15, 0.2) is 52.6 Å². The highest BCUT2D eigenvalue weighted by atomic mass is 32.2. The molecular weight excluding hydrogens is 374 g/mol. The topological polar surface area (TPSA) is 63.7 Å². The summed E-state index contributed by atoms with van der Waals surface area (Å²) in [4.78, 5) is 13.0. The van der Waals surface area contributed by atoms with Crippen LogP contribution < -0.4 is 0 Å². The van der Waals surface area contributed by atoms with Gasteiger partial charge in [0.25, 0.3) is 10.0 Å². The van der Waals surface area contributed by atoms with Gasteiger partial charge in [0.2, 0.25) is 0 Å². The lowest BCUT2D eigenvalue weighted by molar-refractivity contribution is -0.139. The fourth-order valence-electron chi connectivity index (χ4n) is 4.07. The Morgan fingerprint density at radius 1 is 1.18 bits per heavy atom. The average Bonchev–Trinajstić information content (AvgIpc) is 2.94. The Morgan fingerprint density at radius 3 is 2.54 bits per heavy atom. The summed E-state index contributed by atoms with van der Waals surface area (Å²) >= 11 is 0. The number of aryl methyl sites for hydroxylation is 1. The first kappa shape index (κ1) is 20.6. The number of benzene rings is 1. The van der Waals surface area contributed by atoms with Crippen molar-refractivity contribution >= 4 is 16.0 Å². The summed E-state index contributed by atoms with van der Waals surface area (Å²) in [5.41, 5.74) is 2.60. The first-order valence-electron chi connectivity index (χ1n) is 10.1. The third kappa shape index (κ3) is 3.88. The standard InChI is InChI=1S/C22H29NO4S/c1-4-6-7-8-19-17-13-14-23(20(15-17)21(19)22(24)27-5-2)28(25,26)18-11-9-16(3)10-12-18/h9-14,17,20H,4-8,15H2,1-3H3/t17-,20+/m1/s1. The van der Waals surface area contributed by atoms with Gasteiger partial charge in [-0.2, -0.15) is 0 Å². The van der Waals surface area contributed by atoms with Crippen LogP contribution in [0.2, 0.25) is 0 Å². The van der Waals surface area contributed by atoms with Crippen LogP contribution in [0.3, 0.4) is 0 Å². The zero-order valence-electron chi connectivity index (χ0n) is 16.8. The summed E-state index contributed by atoms with van der Waals surface area (Å²) in [5.74, 6) is -0.264. The maximum atomic E-state index is 13.3. The number of unbranched alkanes of at least 4 members (excludes halogenated alkanes) is 2. The Balaban J connectivity index is 1.98. The summed E-state index contributed by atoms with van der Waals surface area (Å²) in [6.45, 7) is 6.11. The Labute approximate surface area is 168 Å². The first-order chi connectivity index (χ1) is 13.4. The molecular formula is C22H29NO4S. The van der Waals surface area contributed by atoms with Crippen LogP contribution in [0.5, 0.6) is 0 Å².